The number of aromatic nitrogens is 2. The van der Waals surface area contributed by atoms with Gasteiger partial charge in [0.1, 0.15) is 0 Å². The first-order chi connectivity index (χ1) is 12.5. The first kappa shape index (κ1) is 17.9. The van der Waals surface area contributed by atoms with Crippen molar-refractivity contribution in [2.75, 3.05) is 6.61 Å². The van der Waals surface area contributed by atoms with Gasteiger partial charge in [-0.15, -0.1) is 0 Å². The summed E-state index contributed by atoms with van der Waals surface area (Å²) in [5, 5.41) is 12.2. The number of imide groups is 1. The lowest BCUT2D eigenvalue weighted by atomic mass is 9.86. The molecule has 3 amide bonds. The van der Waals surface area contributed by atoms with Gasteiger partial charge in [-0.2, -0.15) is 5.10 Å². The van der Waals surface area contributed by atoms with Crippen molar-refractivity contribution >= 4 is 28.8 Å². The number of benzene rings is 1. The zero-order valence-electron chi connectivity index (χ0n) is 14.6. The summed E-state index contributed by atoms with van der Waals surface area (Å²) in [5.74, 6) is -1.02. The van der Waals surface area contributed by atoms with Crippen LogP contribution in [0.2, 0.25) is 0 Å². The van der Waals surface area contributed by atoms with Crippen LogP contribution in [0.3, 0.4) is 0 Å². The van der Waals surface area contributed by atoms with Crippen LogP contribution >= 0.6 is 0 Å². The standard InChI is InChI=1S/C18H22N4O4/c1-11-6-2-4-8-13(11)19-18(25)20-15(23)10-26-17(24)16-12-7-3-5-9-14(12)21-22-16/h3,5,7,9,11,13H,2,4,6,8,10H2,1H3,(H,21,22)(H2,19,20,23,25). The summed E-state index contributed by atoms with van der Waals surface area (Å²) in [5.41, 5.74) is 0.804. The van der Waals surface area contributed by atoms with E-state index in [-0.39, 0.29) is 11.7 Å². The SMILES string of the molecule is CC1CCCCC1NC(=O)NC(=O)COC(=O)c1n[nH]c2ccccc12. The first-order valence-electron chi connectivity index (χ1n) is 8.75. The molecule has 2 aromatic rings. The van der Waals surface area contributed by atoms with Crippen molar-refractivity contribution < 1.29 is 19.1 Å². The smallest absolute Gasteiger partial charge is 0.359 e. The number of rotatable bonds is 4. The maximum absolute atomic E-state index is 12.1. The summed E-state index contributed by atoms with van der Waals surface area (Å²) >= 11 is 0. The molecular weight excluding hydrogens is 336 g/mol. The molecule has 1 aromatic heterocycles. The second kappa shape index (κ2) is 7.99. The number of nitrogens with zero attached hydrogens (tertiary/aromatic N) is 1. The number of urea groups is 1. The van der Waals surface area contributed by atoms with Crippen LogP contribution < -0.4 is 10.6 Å². The summed E-state index contributed by atoms with van der Waals surface area (Å²) in [6, 6.07) is 6.60. The Bertz CT molecular complexity index is 816. The Kier molecular flexibility index (Phi) is 5.50. The Labute approximate surface area is 150 Å². The van der Waals surface area contributed by atoms with Gasteiger partial charge in [0, 0.05) is 11.4 Å². The minimum Gasteiger partial charge on any atom is -0.451 e. The van der Waals surface area contributed by atoms with Gasteiger partial charge in [-0.05, 0) is 24.8 Å². The highest BCUT2D eigenvalue weighted by atomic mass is 16.5. The lowest BCUT2D eigenvalue weighted by molar-refractivity contribution is -0.123. The molecule has 8 nitrogen and oxygen atoms in total. The molecule has 138 valence electrons. The second-order valence-corrected chi connectivity index (χ2v) is 6.58. The van der Waals surface area contributed by atoms with Gasteiger partial charge in [0.25, 0.3) is 5.91 Å². The topological polar surface area (TPSA) is 113 Å². The molecule has 0 spiro atoms. The van der Waals surface area contributed by atoms with Crippen LogP contribution in [0.15, 0.2) is 24.3 Å². The monoisotopic (exact) mass is 358 g/mol. The molecule has 0 bridgehead atoms. The molecule has 2 atom stereocenters. The molecule has 8 heteroatoms. The highest BCUT2D eigenvalue weighted by Crippen LogP contribution is 2.23. The molecule has 1 fully saturated rings. The van der Waals surface area contributed by atoms with Crippen LogP contribution in [-0.2, 0) is 9.53 Å². The fraction of sp³-hybridized carbons (Fsp3) is 0.444. The van der Waals surface area contributed by atoms with Crippen LogP contribution in [-0.4, -0.2) is 40.8 Å². The molecule has 1 aromatic carbocycles. The molecule has 1 aliphatic rings. The first-order valence-corrected chi connectivity index (χ1v) is 8.75. The van der Waals surface area contributed by atoms with Gasteiger partial charge in [-0.1, -0.05) is 38.0 Å². The molecule has 1 heterocycles. The van der Waals surface area contributed by atoms with Crippen molar-refractivity contribution in [3.8, 4) is 0 Å². The molecule has 0 aliphatic heterocycles. The van der Waals surface area contributed by atoms with E-state index < -0.39 is 24.5 Å². The Morgan fingerprint density at radius 1 is 1.23 bits per heavy atom. The van der Waals surface area contributed by atoms with Crippen molar-refractivity contribution in [2.24, 2.45) is 5.92 Å². The number of hydrogen-bond donors (Lipinski definition) is 3. The Balaban J connectivity index is 1.47. The van der Waals surface area contributed by atoms with Crippen molar-refractivity contribution in [1.82, 2.24) is 20.8 Å². The van der Waals surface area contributed by atoms with E-state index in [1.165, 1.54) is 0 Å². The molecule has 1 aliphatic carbocycles. The zero-order chi connectivity index (χ0) is 18.5. The summed E-state index contributed by atoms with van der Waals surface area (Å²) in [4.78, 5) is 35.8. The van der Waals surface area contributed by atoms with Crippen molar-refractivity contribution in [3.05, 3.63) is 30.0 Å². The number of carbonyl (C=O) groups is 3. The molecule has 0 radical (unpaired) electrons. The third-order valence-corrected chi connectivity index (χ3v) is 4.68. The number of hydrogen-bond acceptors (Lipinski definition) is 5. The van der Waals surface area contributed by atoms with Crippen LogP contribution in [0, 0.1) is 5.92 Å². The minimum atomic E-state index is -0.723. The summed E-state index contributed by atoms with van der Waals surface area (Å²) in [6.07, 6.45) is 4.20. The third-order valence-electron chi connectivity index (χ3n) is 4.68. The summed E-state index contributed by atoms with van der Waals surface area (Å²) < 4.78 is 4.95. The van der Waals surface area contributed by atoms with Gasteiger partial charge < -0.3 is 10.1 Å². The largest absolute Gasteiger partial charge is 0.451 e. The number of H-pyrrole nitrogens is 1. The molecule has 3 N–H and O–H groups in total. The van der Waals surface area contributed by atoms with E-state index in [2.05, 4.69) is 27.8 Å². The summed E-state index contributed by atoms with van der Waals surface area (Å²) in [7, 11) is 0. The fourth-order valence-corrected chi connectivity index (χ4v) is 3.22. The van der Waals surface area contributed by atoms with Crippen LogP contribution in [0.1, 0.15) is 43.1 Å². The summed E-state index contributed by atoms with van der Waals surface area (Å²) in [6.45, 7) is 1.54. The normalized spacial score (nSPS) is 19.7. The van der Waals surface area contributed by atoms with Crippen LogP contribution in [0.4, 0.5) is 4.79 Å². The van der Waals surface area contributed by atoms with Crippen LogP contribution in [0.25, 0.3) is 10.9 Å². The average molecular weight is 358 g/mol. The third kappa shape index (κ3) is 4.19. The molecule has 0 saturated heterocycles. The Morgan fingerprint density at radius 2 is 2.00 bits per heavy atom. The number of amides is 3. The van der Waals surface area contributed by atoms with E-state index in [4.69, 9.17) is 4.74 Å². The van der Waals surface area contributed by atoms with Crippen LogP contribution in [0.5, 0.6) is 0 Å². The Hall–Kier alpha value is -2.90. The number of para-hydroxylation sites is 1. The zero-order valence-corrected chi connectivity index (χ0v) is 14.6. The number of nitrogens with one attached hydrogen (secondary N) is 3. The molecule has 3 rings (SSSR count). The fourth-order valence-electron chi connectivity index (χ4n) is 3.22. The van der Waals surface area contributed by atoms with E-state index in [0.29, 0.717) is 16.8 Å². The quantitative estimate of drug-likeness (QED) is 0.725. The number of ether oxygens (including phenoxy) is 1. The van der Waals surface area contributed by atoms with E-state index in [9.17, 15) is 14.4 Å². The number of esters is 1. The minimum absolute atomic E-state index is 0.0644. The van der Waals surface area contributed by atoms with E-state index in [1.54, 1.807) is 18.2 Å². The number of aromatic amines is 1. The number of carbonyl (C=O) groups excluding carboxylic acids is 3. The van der Waals surface area contributed by atoms with Gasteiger partial charge in [-0.3, -0.25) is 15.2 Å². The second-order valence-electron chi connectivity index (χ2n) is 6.58. The van der Waals surface area contributed by atoms with E-state index >= 15 is 0 Å². The maximum atomic E-state index is 12.1. The van der Waals surface area contributed by atoms with E-state index in [1.807, 2.05) is 6.07 Å². The van der Waals surface area contributed by atoms with E-state index in [0.717, 1.165) is 25.7 Å². The van der Waals surface area contributed by atoms with Crippen molar-refractivity contribution in [2.45, 2.75) is 38.6 Å². The molecular formula is C18H22N4O4. The number of fused-ring (bicyclic) bond motifs is 1. The predicted octanol–water partition coefficient (Wildman–Crippen LogP) is 2.12. The van der Waals surface area contributed by atoms with Gasteiger partial charge >= 0.3 is 12.0 Å². The lowest BCUT2D eigenvalue weighted by Crippen LogP contribution is -2.48. The average Bonchev–Trinajstić information content (AvgIpc) is 3.06. The van der Waals surface area contributed by atoms with Gasteiger partial charge in [0.05, 0.1) is 5.52 Å². The maximum Gasteiger partial charge on any atom is 0.359 e. The van der Waals surface area contributed by atoms with Gasteiger partial charge in [-0.25, -0.2) is 9.59 Å². The van der Waals surface area contributed by atoms with Crippen molar-refractivity contribution in [3.63, 3.8) is 0 Å². The molecule has 2 unspecified atom stereocenters. The highest BCUT2D eigenvalue weighted by molar-refractivity contribution is 6.03. The lowest BCUT2D eigenvalue weighted by Gasteiger charge is -2.29. The predicted molar refractivity (Wildman–Crippen MR) is 94.5 cm³/mol. The molecule has 1 saturated carbocycles. The Morgan fingerprint density at radius 3 is 2.81 bits per heavy atom. The highest BCUT2D eigenvalue weighted by Gasteiger charge is 2.24. The van der Waals surface area contributed by atoms with Gasteiger partial charge in [0.15, 0.2) is 12.3 Å². The van der Waals surface area contributed by atoms with Crippen molar-refractivity contribution in [1.29, 1.82) is 0 Å². The van der Waals surface area contributed by atoms with Gasteiger partial charge in [0.2, 0.25) is 0 Å². The molecule has 26 heavy (non-hydrogen) atoms.